The Hall–Kier alpha value is -3.74. The van der Waals surface area contributed by atoms with Crippen LogP contribution in [0.3, 0.4) is 0 Å². The first kappa shape index (κ1) is 22.1. The van der Waals surface area contributed by atoms with Crippen molar-refractivity contribution in [2.24, 2.45) is 0 Å². The number of methoxy groups -OCH3 is 1. The van der Waals surface area contributed by atoms with E-state index in [0.29, 0.717) is 23.2 Å². The standard InChI is InChI=1S/C22H20N4O7S/c1-30-21(27)13-2-8-16(9-3-13)26-34(28,29)20-18(11-10-17-19(20)25-33-24-17)23-15-6-4-14(5-7-15)22-31-12-32-22/h2-6,8-11,15,22-23,26H,7,12H2,1H3. The van der Waals surface area contributed by atoms with Crippen LogP contribution >= 0.6 is 0 Å². The largest absolute Gasteiger partial charge is 0.465 e. The van der Waals surface area contributed by atoms with Gasteiger partial charge in [0.2, 0.25) is 0 Å². The number of hydrogen-bond acceptors (Lipinski definition) is 10. The van der Waals surface area contributed by atoms with Gasteiger partial charge in [0.15, 0.2) is 18.6 Å². The second-order valence-corrected chi connectivity index (χ2v) is 9.20. The highest BCUT2D eigenvalue weighted by Crippen LogP contribution is 2.32. The zero-order chi connectivity index (χ0) is 23.7. The summed E-state index contributed by atoms with van der Waals surface area (Å²) in [6, 6.07) is 8.95. The molecule has 0 spiro atoms. The predicted octanol–water partition coefficient (Wildman–Crippen LogP) is 2.81. The first-order chi connectivity index (χ1) is 16.4. The molecule has 1 unspecified atom stereocenters. The maximum atomic E-state index is 13.4. The molecule has 2 aromatic carbocycles. The average molecular weight is 484 g/mol. The zero-order valence-corrected chi connectivity index (χ0v) is 18.7. The number of sulfonamides is 1. The minimum absolute atomic E-state index is 0.0935. The number of anilines is 2. The van der Waals surface area contributed by atoms with E-state index in [4.69, 9.17) is 14.1 Å². The van der Waals surface area contributed by atoms with Gasteiger partial charge in [-0.15, -0.1) is 0 Å². The molecule has 2 N–H and O–H groups in total. The van der Waals surface area contributed by atoms with Crippen LogP contribution in [-0.4, -0.2) is 50.9 Å². The average Bonchev–Trinajstić information content (AvgIpc) is 3.27. The van der Waals surface area contributed by atoms with Crippen molar-refractivity contribution in [3.05, 3.63) is 65.8 Å². The van der Waals surface area contributed by atoms with Gasteiger partial charge in [0.25, 0.3) is 10.0 Å². The Morgan fingerprint density at radius 1 is 1.12 bits per heavy atom. The van der Waals surface area contributed by atoms with E-state index in [9.17, 15) is 13.2 Å². The summed E-state index contributed by atoms with van der Waals surface area (Å²) in [5, 5.41) is 10.8. The Bertz CT molecular complexity index is 1390. The molecule has 11 nitrogen and oxygen atoms in total. The molecule has 1 fully saturated rings. The molecule has 2 aliphatic rings. The van der Waals surface area contributed by atoms with Crippen molar-refractivity contribution in [2.75, 3.05) is 23.9 Å². The lowest BCUT2D eigenvalue weighted by Crippen LogP contribution is -2.33. The Labute approximate surface area is 194 Å². The topological polar surface area (TPSA) is 142 Å². The number of hydrogen-bond donors (Lipinski definition) is 2. The fourth-order valence-corrected chi connectivity index (χ4v) is 5.02. The van der Waals surface area contributed by atoms with Crippen LogP contribution in [0.25, 0.3) is 11.0 Å². The van der Waals surface area contributed by atoms with Crippen LogP contribution < -0.4 is 10.0 Å². The first-order valence-corrected chi connectivity index (χ1v) is 11.8. The van der Waals surface area contributed by atoms with Gasteiger partial charge in [0, 0.05) is 17.3 Å². The van der Waals surface area contributed by atoms with Crippen molar-refractivity contribution < 1.29 is 32.1 Å². The fraction of sp³-hybridized carbons (Fsp3) is 0.227. The van der Waals surface area contributed by atoms with Gasteiger partial charge in [-0.3, -0.25) is 4.72 Å². The van der Waals surface area contributed by atoms with Crippen LogP contribution in [0.4, 0.5) is 11.4 Å². The number of fused-ring (bicyclic) bond motifs is 1. The van der Waals surface area contributed by atoms with E-state index in [-0.39, 0.29) is 35.2 Å². The molecule has 0 radical (unpaired) electrons. The SMILES string of the molecule is COC(=O)c1ccc(NS(=O)(=O)c2c(NC3C=CC(C4OCO4)=CC3)ccc3nonc23)cc1. The molecule has 1 aliphatic carbocycles. The lowest BCUT2D eigenvalue weighted by atomic mass is 10.0. The second kappa shape index (κ2) is 8.89. The minimum atomic E-state index is -4.12. The van der Waals surface area contributed by atoms with Crippen LogP contribution in [0.1, 0.15) is 16.8 Å². The molecule has 3 aromatic rings. The molecule has 1 atom stereocenters. The predicted molar refractivity (Wildman–Crippen MR) is 120 cm³/mol. The Kier molecular flexibility index (Phi) is 5.77. The van der Waals surface area contributed by atoms with Gasteiger partial charge in [-0.25, -0.2) is 17.8 Å². The van der Waals surface area contributed by atoms with Crippen molar-refractivity contribution in [3.63, 3.8) is 0 Å². The zero-order valence-electron chi connectivity index (χ0n) is 17.9. The van der Waals surface area contributed by atoms with Gasteiger partial charge in [-0.05, 0) is 53.1 Å². The number of aromatic nitrogens is 2. The number of nitrogens with zero attached hydrogens (tertiary/aromatic N) is 2. The van der Waals surface area contributed by atoms with Crippen LogP contribution in [0, 0.1) is 0 Å². The third-order valence-electron chi connectivity index (χ3n) is 5.39. The molecule has 1 aliphatic heterocycles. The summed E-state index contributed by atoms with van der Waals surface area (Å²) in [5.74, 6) is -0.521. The highest BCUT2D eigenvalue weighted by molar-refractivity contribution is 7.93. The number of benzene rings is 2. The summed E-state index contributed by atoms with van der Waals surface area (Å²) >= 11 is 0. The summed E-state index contributed by atoms with van der Waals surface area (Å²) in [6.45, 7) is 0.281. The summed E-state index contributed by atoms with van der Waals surface area (Å²) < 4.78 is 49.4. The molecule has 0 amide bonds. The molecular weight excluding hydrogens is 464 g/mol. The van der Waals surface area contributed by atoms with E-state index < -0.39 is 16.0 Å². The lowest BCUT2D eigenvalue weighted by molar-refractivity contribution is -0.300. The molecule has 1 aromatic heterocycles. The third-order valence-corrected chi connectivity index (χ3v) is 6.84. The molecule has 5 rings (SSSR count). The number of esters is 1. The normalized spacial score (nSPS) is 18.3. The Balaban J connectivity index is 1.42. The van der Waals surface area contributed by atoms with E-state index in [2.05, 4.69) is 25.1 Å². The van der Waals surface area contributed by atoms with E-state index >= 15 is 0 Å². The number of carbonyl (C=O) groups is 1. The van der Waals surface area contributed by atoms with Crippen molar-refractivity contribution in [1.82, 2.24) is 10.3 Å². The molecule has 0 bridgehead atoms. The monoisotopic (exact) mass is 484 g/mol. The second-order valence-electron chi connectivity index (χ2n) is 7.58. The van der Waals surface area contributed by atoms with E-state index in [1.54, 1.807) is 12.1 Å². The molecule has 12 heteroatoms. The molecule has 1 saturated heterocycles. The Morgan fingerprint density at radius 3 is 2.56 bits per heavy atom. The summed E-state index contributed by atoms with van der Waals surface area (Å²) in [4.78, 5) is 11.5. The van der Waals surface area contributed by atoms with Crippen molar-refractivity contribution in [1.29, 1.82) is 0 Å². The van der Waals surface area contributed by atoms with Crippen molar-refractivity contribution >= 4 is 38.4 Å². The molecule has 176 valence electrons. The fourth-order valence-electron chi connectivity index (χ4n) is 3.66. The van der Waals surface area contributed by atoms with Gasteiger partial charge in [-0.2, -0.15) is 0 Å². The minimum Gasteiger partial charge on any atom is -0.465 e. The van der Waals surface area contributed by atoms with Gasteiger partial charge >= 0.3 is 5.97 Å². The van der Waals surface area contributed by atoms with Gasteiger partial charge < -0.3 is 19.5 Å². The number of carbonyl (C=O) groups excluding carboxylic acids is 1. The highest BCUT2D eigenvalue weighted by atomic mass is 32.2. The van der Waals surface area contributed by atoms with Crippen LogP contribution in [0.2, 0.25) is 0 Å². The number of rotatable bonds is 7. The van der Waals surface area contributed by atoms with Crippen LogP contribution in [0.5, 0.6) is 0 Å². The smallest absolute Gasteiger partial charge is 0.337 e. The van der Waals surface area contributed by atoms with Gasteiger partial charge in [0.05, 0.1) is 18.4 Å². The molecule has 0 saturated carbocycles. The Morgan fingerprint density at radius 2 is 1.91 bits per heavy atom. The number of ether oxygens (including phenoxy) is 3. The maximum absolute atomic E-state index is 13.4. The quantitative estimate of drug-likeness (QED) is 0.481. The van der Waals surface area contributed by atoms with E-state index in [1.807, 2.05) is 18.2 Å². The first-order valence-electron chi connectivity index (χ1n) is 10.3. The highest BCUT2D eigenvalue weighted by Gasteiger charge is 2.28. The third kappa shape index (κ3) is 4.25. The van der Waals surface area contributed by atoms with E-state index in [0.717, 1.165) is 5.57 Å². The molecular formula is C22H20N4O7S. The molecule has 34 heavy (non-hydrogen) atoms. The molecule has 2 heterocycles. The summed E-state index contributed by atoms with van der Waals surface area (Å²) in [5.41, 5.74) is 2.21. The van der Waals surface area contributed by atoms with Gasteiger partial charge in [0.1, 0.15) is 10.4 Å². The van der Waals surface area contributed by atoms with Crippen molar-refractivity contribution in [2.45, 2.75) is 23.6 Å². The van der Waals surface area contributed by atoms with Crippen LogP contribution in [-0.2, 0) is 24.2 Å². The lowest BCUT2D eigenvalue weighted by Gasteiger charge is -2.30. The number of nitrogens with one attached hydrogen (secondary N) is 2. The summed E-state index contributed by atoms with van der Waals surface area (Å²) in [7, 11) is -2.85. The van der Waals surface area contributed by atoms with Crippen LogP contribution in [0.15, 0.2) is 69.7 Å². The van der Waals surface area contributed by atoms with E-state index in [1.165, 1.54) is 31.4 Å². The van der Waals surface area contributed by atoms with Crippen molar-refractivity contribution in [3.8, 4) is 0 Å². The van der Waals surface area contributed by atoms with Gasteiger partial charge in [-0.1, -0.05) is 18.2 Å². The summed E-state index contributed by atoms with van der Waals surface area (Å²) in [6.07, 6.45) is 6.04. The maximum Gasteiger partial charge on any atom is 0.337 e.